The van der Waals surface area contributed by atoms with Crippen LogP contribution in [0, 0.1) is 0 Å². The minimum Gasteiger partial charge on any atom is -0.507 e. The number of nitrogens with zero attached hydrogens (tertiary/aromatic N) is 1. The number of ketones is 1. The molecule has 36 heavy (non-hydrogen) atoms. The van der Waals surface area contributed by atoms with Gasteiger partial charge in [0.05, 0.1) is 11.6 Å². The zero-order valence-corrected chi connectivity index (χ0v) is 19.6. The summed E-state index contributed by atoms with van der Waals surface area (Å²) in [6.07, 6.45) is 1.63. The Kier molecular flexibility index (Phi) is 6.45. The normalized spacial score (nSPS) is 18.2. The molecule has 2 aliphatic heterocycles. The minimum absolute atomic E-state index is 0.00785. The molecule has 2 heterocycles. The monoisotopic (exact) mass is 483 g/mol. The standard InChI is InChI=1S/C29H25NO6/c1-2-13-34-22-10-6-9-20(16-22)26-25(27(31)21-11-12-23-24(17-21)36-15-14-35-23)28(32)29(33)30(26)18-19-7-4-3-5-8-19/h2-12,16-17,26,31H,1,13-15,18H2. The molecule has 5 rings (SSSR count). The number of aliphatic hydroxyl groups excluding tert-OH is 1. The molecule has 0 bridgehead atoms. The van der Waals surface area contributed by atoms with Crippen molar-refractivity contribution in [2.24, 2.45) is 0 Å². The summed E-state index contributed by atoms with van der Waals surface area (Å²) in [4.78, 5) is 28.1. The van der Waals surface area contributed by atoms with Gasteiger partial charge < -0.3 is 24.2 Å². The average Bonchev–Trinajstić information content (AvgIpc) is 3.17. The number of ether oxygens (including phenoxy) is 3. The molecular formula is C29H25NO6. The van der Waals surface area contributed by atoms with Crippen LogP contribution in [0.5, 0.6) is 17.2 Å². The third-order valence-electron chi connectivity index (χ3n) is 6.09. The molecule has 1 N–H and O–H groups in total. The van der Waals surface area contributed by atoms with Crippen molar-refractivity contribution in [1.82, 2.24) is 4.90 Å². The van der Waals surface area contributed by atoms with Crippen LogP contribution in [0.2, 0.25) is 0 Å². The summed E-state index contributed by atoms with van der Waals surface area (Å²) >= 11 is 0. The van der Waals surface area contributed by atoms with E-state index in [9.17, 15) is 14.7 Å². The van der Waals surface area contributed by atoms with Crippen molar-refractivity contribution in [3.05, 3.63) is 108 Å². The van der Waals surface area contributed by atoms with Crippen LogP contribution < -0.4 is 14.2 Å². The van der Waals surface area contributed by atoms with E-state index in [2.05, 4.69) is 6.58 Å². The maximum atomic E-state index is 13.3. The highest BCUT2D eigenvalue weighted by molar-refractivity contribution is 6.46. The van der Waals surface area contributed by atoms with Crippen LogP contribution in [-0.2, 0) is 16.1 Å². The lowest BCUT2D eigenvalue weighted by Crippen LogP contribution is -2.29. The van der Waals surface area contributed by atoms with E-state index >= 15 is 0 Å². The molecule has 7 heteroatoms. The number of carbonyl (C=O) groups excluding carboxylic acids is 2. The van der Waals surface area contributed by atoms with Crippen LogP contribution in [0.25, 0.3) is 5.76 Å². The highest BCUT2D eigenvalue weighted by atomic mass is 16.6. The number of hydrogen-bond donors (Lipinski definition) is 1. The molecule has 0 radical (unpaired) electrons. The third kappa shape index (κ3) is 4.43. The van der Waals surface area contributed by atoms with Gasteiger partial charge in [-0.2, -0.15) is 0 Å². The lowest BCUT2D eigenvalue weighted by molar-refractivity contribution is -0.140. The predicted octanol–water partition coefficient (Wildman–Crippen LogP) is 4.64. The van der Waals surface area contributed by atoms with Gasteiger partial charge in [0.1, 0.15) is 31.3 Å². The van der Waals surface area contributed by atoms with E-state index in [0.29, 0.717) is 48.2 Å². The summed E-state index contributed by atoms with van der Waals surface area (Å²) in [5.41, 5.74) is 1.88. The third-order valence-corrected chi connectivity index (χ3v) is 6.09. The lowest BCUT2D eigenvalue weighted by atomic mass is 9.95. The smallest absolute Gasteiger partial charge is 0.295 e. The first kappa shape index (κ1) is 23.2. The maximum absolute atomic E-state index is 13.3. The average molecular weight is 484 g/mol. The Hall–Kier alpha value is -4.52. The molecule has 0 saturated carbocycles. The van der Waals surface area contributed by atoms with Crippen LogP contribution in [0.4, 0.5) is 0 Å². The van der Waals surface area contributed by atoms with Crippen LogP contribution in [0.3, 0.4) is 0 Å². The molecule has 1 fully saturated rings. The molecule has 0 aliphatic carbocycles. The molecule has 2 aliphatic rings. The molecule has 1 unspecified atom stereocenters. The first-order valence-electron chi connectivity index (χ1n) is 11.6. The van der Waals surface area contributed by atoms with Gasteiger partial charge in [0, 0.05) is 12.1 Å². The fraction of sp³-hybridized carbons (Fsp3) is 0.172. The second-order valence-electron chi connectivity index (χ2n) is 8.44. The van der Waals surface area contributed by atoms with Crippen molar-refractivity contribution in [2.75, 3.05) is 19.8 Å². The number of rotatable bonds is 7. The summed E-state index contributed by atoms with van der Waals surface area (Å²) in [6, 6.07) is 20.7. The van der Waals surface area contributed by atoms with Crippen molar-refractivity contribution in [2.45, 2.75) is 12.6 Å². The van der Waals surface area contributed by atoms with E-state index in [1.807, 2.05) is 36.4 Å². The Morgan fingerprint density at radius 3 is 2.56 bits per heavy atom. The number of amides is 1. The van der Waals surface area contributed by atoms with Crippen molar-refractivity contribution in [3.63, 3.8) is 0 Å². The molecule has 0 aromatic heterocycles. The van der Waals surface area contributed by atoms with Gasteiger partial charge in [-0.3, -0.25) is 9.59 Å². The second kappa shape index (κ2) is 10.00. The van der Waals surface area contributed by atoms with Crippen molar-refractivity contribution < 1.29 is 28.9 Å². The van der Waals surface area contributed by atoms with Crippen molar-refractivity contribution in [1.29, 1.82) is 0 Å². The molecule has 3 aromatic rings. The summed E-state index contributed by atoms with van der Waals surface area (Å²) in [5, 5.41) is 11.4. The van der Waals surface area contributed by atoms with E-state index in [1.165, 1.54) is 4.90 Å². The van der Waals surface area contributed by atoms with Crippen molar-refractivity contribution >= 4 is 17.4 Å². The molecule has 182 valence electrons. The first-order valence-corrected chi connectivity index (χ1v) is 11.6. The van der Waals surface area contributed by atoms with Gasteiger partial charge >= 0.3 is 0 Å². The Balaban J connectivity index is 1.62. The maximum Gasteiger partial charge on any atom is 0.295 e. The minimum atomic E-state index is -0.814. The molecule has 1 saturated heterocycles. The SMILES string of the molecule is C=CCOc1cccc(C2C(=C(O)c3ccc4c(c3)OCCO4)C(=O)C(=O)N2Cc2ccccc2)c1. The molecule has 3 aromatic carbocycles. The largest absolute Gasteiger partial charge is 0.507 e. The van der Waals surface area contributed by atoms with Crippen LogP contribution >= 0.6 is 0 Å². The van der Waals surface area contributed by atoms with E-state index in [4.69, 9.17) is 14.2 Å². The van der Waals surface area contributed by atoms with Gasteiger partial charge in [0.15, 0.2) is 11.5 Å². The first-order chi connectivity index (χ1) is 17.6. The van der Waals surface area contributed by atoms with Crippen LogP contribution in [0.15, 0.2) is 91.0 Å². The topological polar surface area (TPSA) is 85.3 Å². The molecule has 1 amide bonds. The Morgan fingerprint density at radius 2 is 1.78 bits per heavy atom. The van der Waals surface area contributed by atoms with Gasteiger partial charge in [-0.15, -0.1) is 0 Å². The zero-order valence-electron chi connectivity index (χ0n) is 19.6. The molecule has 0 spiro atoms. The van der Waals surface area contributed by atoms with Gasteiger partial charge in [-0.05, 0) is 41.5 Å². The van der Waals surface area contributed by atoms with E-state index < -0.39 is 17.7 Å². The predicted molar refractivity (Wildman–Crippen MR) is 134 cm³/mol. The van der Waals surface area contributed by atoms with Gasteiger partial charge in [0.25, 0.3) is 11.7 Å². The summed E-state index contributed by atoms with van der Waals surface area (Å²) in [6.45, 7) is 5.00. The quantitative estimate of drug-likeness (QED) is 0.228. The lowest BCUT2D eigenvalue weighted by Gasteiger charge is -2.26. The highest BCUT2D eigenvalue weighted by Gasteiger charge is 2.46. The molecular weight excluding hydrogens is 458 g/mol. The van der Waals surface area contributed by atoms with Gasteiger partial charge in [-0.25, -0.2) is 0 Å². The number of aliphatic hydroxyl groups is 1. The number of fused-ring (bicyclic) bond motifs is 1. The summed E-state index contributed by atoms with van der Waals surface area (Å²) in [7, 11) is 0. The van der Waals surface area contributed by atoms with E-state index in [1.54, 1.807) is 42.5 Å². The van der Waals surface area contributed by atoms with E-state index in [-0.39, 0.29) is 17.9 Å². The number of hydrogen-bond acceptors (Lipinski definition) is 6. The second-order valence-corrected chi connectivity index (χ2v) is 8.44. The zero-order chi connectivity index (χ0) is 25.1. The number of likely N-dealkylation sites (tertiary alicyclic amines) is 1. The fourth-order valence-electron chi connectivity index (χ4n) is 4.45. The van der Waals surface area contributed by atoms with Crippen LogP contribution in [-0.4, -0.2) is 41.5 Å². The Morgan fingerprint density at radius 1 is 1.00 bits per heavy atom. The van der Waals surface area contributed by atoms with Crippen molar-refractivity contribution in [3.8, 4) is 17.2 Å². The van der Waals surface area contributed by atoms with Gasteiger partial charge in [0.2, 0.25) is 0 Å². The summed E-state index contributed by atoms with van der Waals surface area (Å²) in [5.74, 6) is -0.104. The van der Waals surface area contributed by atoms with E-state index in [0.717, 1.165) is 5.56 Å². The molecule has 7 nitrogen and oxygen atoms in total. The Labute approximate surface area is 208 Å². The Bertz CT molecular complexity index is 1350. The van der Waals surface area contributed by atoms with Crippen LogP contribution in [0.1, 0.15) is 22.7 Å². The number of Topliss-reactive ketones (excluding diaryl/α,β-unsaturated/α-hetero) is 1. The number of benzene rings is 3. The number of carbonyl (C=O) groups is 2. The fourth-order valence-corrected chi connectivity index (χ4v) is 4.45. The van der Waals surface area contributed by atoms with Gasteiger partial charge in [-0.1, -0.05) is 55.1 Å². The summed E-state index contributed by atoms with van der Waals surface area (Å²) < 4.78 is 16.9. The molecule has 1 atom stereocenters. The highest BCUT2D eigenvalue weighted by Crippen LogP contribution is 2.42.